The van der Waals surface area contributed by atoms with E-state index >= 15 is 0 Å². The van der Waals surface area contributed by atoms with Crippen LogP contribution in [0.25, 0.3) is 11.4 Å². The van der Waals surface area contributed by atoms with Gasteiger partial charge in [-0.25, -0.2) is 9.67 Å². The number of benzene rings is 1. The van der Waals surface area contributed by atoms with Crippen molar-refractivity contribution < 1.29 is 20.1 Å². The summed E-state index contributed by atoms with van der Waals surface area (Å²) in [6.07, 6.45) is 0.338. The molecule has 4 atom stereocenters. The fourth-order valence-electron chi connectivity index (χ4n) is 3.05. The molecular formula is C17H16Cl2N4O4S2. The van der Waals surface area contributed by atoms with Gasteiger partial charge in [-0.15, -0.1) is 5.10 Å². The Balaban J connectivity index is 1.55. The number of aromatic nitrogens is 4. The van der Waals surface area contributed by atoms with Crippen LogP contribution in [0.3, 0.4) is 0 Å². The van der Waals surface area contributed by atoms with Crippen molar-refractivity contribution in [3.05, 3.63) is 39.8 Å². The van der Waals surface area contributed by atoms with E-state index in [0.717, 1.165) is 16.2 Å². The van der Waals surface area contributed by atoms with Crippen LogP contribution in [0.15, 0.2) is 34.7 Å². The molecule has 1 saturated heterocycles. The monoisotopic (exact) mass is 474 g/mol. The van der Waals surface area contributed by atoms with E-state index in [1.54, 1.807) is 28.4 Å². The first kappa shape index (κ1) is 20.9. The van der Waals surface area contributed by atoms with Crippen LogP contribution in [-0.2, 0) is 4.74 Å². The molecule has 12 heteroatoms. The number of thiazole rings is 1. The summed E-state index contributed by atoms with van der Waals surface area (Å²) in [6.45, 7) is -0.336. The molecule has 0 radical (unpaired) electrons. The van der Waals surface area contributed by atoms with E-state index in [0.29, 0.717) is 27.9 Å². The Labute approximate surface area is 184 Å². The van der Waals surface area contributed by atoms with Gasteiger partial charge in [0.25, 0.3) is 5.19 Å². The molecule has 1 fully saturated rings. The molecule has 0 bridgehead atoms. The van der Waals surface area contributed by atoms with Gasteiger partial charge in [0.1, 0.15) is 29.0 Å². The van der Waals surface area contributed by atoms with Crippen molar-refractivity contribution in [2.45, 2.75) is 35.0 Å². The number of ether oxygens (including phenoxy) is 1. The number of hydrogen-bond donors (Lipinski definition) is 3. The fourth-order valence-corrected chi connectivity index (χ4v) is 5.08. The molecule has 0 aliphatic carbocycles. The second-order valence-electron chi connectivity index (χ2n) is 6.37. The average molecular weight is 475 g/mol. The van der Waals surface area contributed by atoms with Crippen molar-refractivity contribution in [1.82, 2.24) is 20.0 Å². The maximum absolute atomic E-state index is 10.7. The minimum Gasteiger partial charge on any atom is -0.486 e. The number of aromatic hydroxyl groups is 1. The van der Waals surface area contributed by atoms with Crippen LogP contribution in [0, 0.1) is 0 Å². The quantitative estimate of drug-likeness (QED) is 0.516. The van der Waals surface area contributed by atoms with Gasteiger partial charge in [-0.05, 0) is 18.2 Å². The standard InChI is InChI=1S/C17H16Cl2N4O4S2/c18-9-2-1-8(3-10(9)19)29-15-4-13(16(25)14(6-24)27-15)23-5-11(21-22-23)12-7-28-17(26)20-12/h1-3,5,7,13-16,24-25H,4,6H2,(H,20,26)/t13?,14?,15-,16-/m1/s1. The van der Waals surface area contributed by atoms with Crippen LogP contribution in [0.1, 0.15) is 12.5 Å². The van der Waals surface area contributed by atoms with E-state index < -0.39 is 18.2 Å². The van der Waals surface area contributed by atoms with Crippen LogP contribution in [0.5, 0.6) is 5.19 Å². The highest BCUT2D eigenvalue weighted by Gasteiger charge is 2.39. The molecule has 2 unspecified atom stereocenters. The molecule has 3 heterocycles. The van der Waals surface area contributed by atoms with Gasteiger partial charge in [-0.2, -0.15) is 0 Å². The third-order valence-corrected chi connectivity index (χ3v) is 6.95. The number of thioether (sulfide) groups is 1. The molecule has 0 saturated carbocycles. The zero-order valence-electron chi connectivity index (χ0n) is 14.7. The van der Waals surface area contributed by atoms with Gasteiger partial charge < -0.3 is 20.1 Å². The molecule has 29 heavy (non-hydrogen) atoms. The van der Waals surface area contributed by atoms with Crippen LogP contribution in [-0.4, -0.2) is 59.5 Å². The number of halogens is 2. The zero-order chi connectivity index (χ0) is 20.5. The molecule has 1 aliphatic rings. The minimum atomic E-state index is -0.968. The third kappa shape index (κ3) is 4.53. The fraction of sp³-hybridized carbons (Fsp3) is 0.353. The molecule has 3 aromatic rings. The lowest BCUT2D eigenvalue weighted by Crippen LogP contribution is -2.47. The SMILES string of the molecule is OCC1O[C@H](Sc2ccc(Cl)c(Cl)c2)CC(n2cc(-c3csc(O)n3)nn2)[C@H]1O. The van der Waals surface area contributed by atoms with Gasteiger partial charge in [0, 0.05) is 16.7 Å². The Kier molecular flexibility index (Phi) is 6.30. The summed E-state index contributed by atoms with van der Waals surface area (Å²) in [5.74, 6) is 0. The number of aliphatic hydroxyl groups excluding tert-OH is 2. The maximum Gasteiger partial charge on any atom is 0.271 e. The smallest absolute Gasteiger partial charge is 0.271 e. The van der Waals surface area contributed by atoms with Crippen LogP contribution in [0.2, 0.25) is 10.0 Å². The number of hydrogen-bond acceptors (Lipinski definition) is 9. The molecule has 1 aromatic carbocycles. The second-order valence-corrected chi connectivity index (χ2v) is 9.26. The van der Waals surface area contributed by atoms with Gasteiger partial charge in [-0.3, -0.25) is 0 Å². The van der Waals surface area contributed by atoms with Gasteiger partial charge in [-0.1, -0.05) is 51.5 Å². The molecule has 154 valence electrons. The molecule has 4 rings (SSSR count). The van der Waals surface area contributed by atoms with Gasteiger partial charge in [0.05, 0.1) is 28.9 Å². The average Bonchev–Trinajstić information content (AvgIpc) is 3.35. The van der Waals surface area contributed by atoms with Gasteiger partial charge in [0.2, 0.25) is 0 Å². The van der Waals surface area contributed by atoms with Gasteiger partial charge >= 0.3 is 0 Å². The van der Waals surface area contributed by atoms with Crippen molar-refractivity contribution in [3.63, 3.8) is 0 Å². The Morgan fingerprint density at radius 2 is 2.10 bits per heavy atom. The maximum atomic E-state index is 10.7. The lowest BCUT2D eigenvalue weighted by atomic mass is 10.00. The number of aliphatic hydroxyl groups is 2. The van der Waals surface area contributed by atoms with Crippen LogP contribution < -0.4 is 0 Å². The van der Waals surface area contributed by atoms with Crippen LogP contribution >= 0.6 is 46.3 Å². The lowest BCUT2D eigenvalue weighted by Gasteiger charge is -2.38. The summed E-state index contributed by atoms with van der Waals surface area (Å²) in [6, 6.07) is 4.82. The highest BCUT2D eigenvalue weighted by Crippen LogP contribution is 2.39. The lowest BCUT2D eigenvalue weighted by molar-refractivity contribution is -0.130. The molecule has 0 amide bonds. The molecule has 3 N–H and O–H groups in total. The first-order valence-electron chi connectivity index (χ1n) is 8.57. The predicted octanol–water partition coefficient (Wildman–Crippen LogP) is 3.22. The number of rotatable bonds is 5. The minimum absolute atomic E-state index is 0.0564. The van der Waals surface area contributed by atoms with Crippen LogP contribution in [0.4, 0.5) is 0 Å². The Hall–Kier alpha value is -1.40. The summed E-state index contributed by atoms with van der Waals surface area (Å²) in [4.78, 5) is 4.83. The Bertz CT molecular complexity index is 1000. The van der Waals surface area contributed by atoms with E-state index in [2.05, 4.69) is 15.3 Å². The van der Waals surface area contributed by atoms with E-state index in [9.17, 15) is 15.3 Å². The Morgan fingerprint density at radius 3 is 2.79 bits per heavy atom. The van der Waals surface area contributed by atoms with Crippen molar-refractivity contribution in [2.75, 3.05) is 6.61 Å². The normalized spacial score (nSPS) is 24.7. The van der Waals surface area contributed by atoms with E-state index in [4.69, 9.17) is 27.9 Å². The van der Waals surface area contributed by atoms with Crippen molar-refractivity contribution in [3.8, 4) is 16.6 Å². The molecular weight excluding hydrogens is 459 g/mol. The highest BCUT2D eigenvalue weighted by molar-refractivity contribution is 7.99. The molecule has 2 aromatic heterocycles. The summed E-state index contributed by atoms with van der Waals surface area (Å²) in [5, 5.41) is 40.5. The first-order chi connectivity index (χ1) is 13.9. The zero-order valence-corrected chi connectivity index (χ0v) is 17.9. The van der Waals surface area contributed by atoms with Gasteiger partial charge in [0.15, 0.2) is 0 Å². The highest BCUT2D eigenvalue weighted by atomic mass is 35.5. The molecule has 0 spiro atoms. The number of nitrogens with zero attached hydrogens (tertiary/aromatic N) is 4. The first-order valence-corrected chi connectivity index (χ1v) is 11.1. The van der Waals surface area contributed by atoms with Crippen molar-refractivity contribution in [1.29, 1.82) is 0 Å². The summed E-state index contributed by atoms with van der Waals surface area (Å²) >= 11 is 14.6. The summed E-state index contributed by atoms with van der Waals surface area (Å²) < 4.78 is 7.40. The van der Waals surface area contributed by atoms with Crippen molar-refractivity contribution in [2.24, 2.45) is 0 Å². The van der Waals surface area contributed by atoms with E-state index in [1.807, 2.05) is 6.07 Å². The largest absolute Gasteiger partial charge is 0.486 e. The topological polar surface area (TPSA) is 114 Å². The second kappa shape index (κ2) is 8.76. The van der Waals surface area contributed by atoms with E-state index in [1.165, 1.54) is 11.8 Å². The Morgan fingerprint density at radius 1 is 1.28 bits per heavy atom. The van der Waals surface area contributed by atoms with E-state index in [-0.39, 0.29) is 17.2 Å². The summed E-state index contributed by atoms with van der Waals surface area (Å²) in [5.41, 5.74) is 0.629. The molecule has 1 aliphatic heterocycles. The predicted molar refractivity (Wildman–Crippen MR) is 111 cm³/mol. The van der Waals surface area contributed by atoms with Crippen molar-refractivity contribution >= 4 is 46.3 Å². The summed E-state index contributed by atoms with van der Waals surface area (Å²) in [7, 11) is 0. The third-order valence-electron chi connectivity index (χ3n) is 4.48. The molecule has 8 nitrogen and oxygen atoms in total.